The van der Waals surface area contributed by atoms with Crippen LogP contribution in [0.15, 0.2) is 35.3 Å². The maximum atomic E-state index is 13.1. The fourth-order valence-corrected chi connectivity index (χ4v) is 2.97. The summed E-state index contributed by atoms with van der Waals surface area (Å²) in [6.07, 6.45) is 0.362. The third-order valence-electron chi connectivity index (χ3n) is 4.47. The number of aliphatic hydroxyl groups is 1. The summed E-state index contributed by atoms with van der Waals surface area (Å²) in [5.41, 5.74) is -1.33. The number of methoxy groups -OCH3 is 1. The highest BCUT2D eigenvalue weighted by molar-refractivity contribution is 5.98. The van der Waals surface area contributed by atoms with Gasteiger partial charge in [-0.25, -0.2) is 9.18 Å². The molecule has 8 heteroatoms. The summed E-state index contributed by atoms with van der Waals surface area (Å²) in [5.74, 6) is -1.13. The van der Waals surface area contributed by atoms with Crippen LogP contribution in [0, 0.1) is 5.82 Å². The average Bonchev–Trinajstić information content (AvgIpc) is 2.91. The molecule has 136 valence electrons. The molecule has 0 bridgehead atoms. The summed E-state index contributed by atoms with van der Waals surface area (Å²) in [7, 11) is 1.19. The fraction of sp³-hybridized carbons (Fsp3) is 0.278. The van der Waals surface area contributed by atoms with E-state index in [1.165, 1.54) is 49.1 Å². The van der Waals surface area contributed by atoms with E-state index >= 15 is 0 Å². The van der Waals surface area contributed by atoms with Gasteiger partial charge in [-0.05, 0) is 24.6 Å². The lowest BCUT2D eigenvalue weighted by molar-refractivity contribution is -0.114. The monoisotopic (exact) mass is 360 g/mol. The third-order valence-corrected chi connectivity index (χ3v) is 4.47. The van der Waals surface area contributed by atoms with Gasteiger partial charge in [0.1, 0.15) is 23.7 Å². The highest BCUT2D eigenvalue weighted by atomic mass is 19.1. The molecule has 1 aromatic carbocycles. The molecule has 2 N–H and O–H groups in total. The Balaban J connectivity index is 2.16. The third kappa shape index (κ3) is 2.78. The molecule has 2 unspecified atom stereocenters. The predicted octanol–water partition coefficient (Wildman–Crippen LogP) is 1.24. The van der Waals surface area contributed by atoms with Gasteiger partial charge in [0.15, 0.2) is 0 Å². The van der Waals surface area contributed by atoms with Crippen LogP contribution in [0.3, 0.4) is 0 Å². The maximum Gasteiger partial charge on any atom is 0.341 e. The number of anilines is 1. The van der Waals surface area contributed by atoms with Gasteiger partial charge in [0.2, 0.25) is 0 Å². The van der Waals surface area contributed by atoms with E-state index in [0.717, 1.165) is 0 Å². The van der Waals surface area contributed by atoms with Crippen molar-refractivity contribution in [2.45, 2.75) is 25.1 Å². The molecule has 7 nitrogen and oxygen atoms in total. The van der Waals surface area contributed by atoms with Crippen LogP contribution < -0.4 is 10.9 Å². The number of nitrogens with one attached hydrogen (secondary N) is 1. The molecule has 1 aliphatic rings. The number of hydrogen-bond acceptors (Lipinski definition) is 6. The molecule has 1 aromatic heterocycles. The van der Waals surface area contributed by atoms with E-state index in [-0.39, 0.29) is 23.4 Å². The summed E-state index contributed by atoms with van der Waals surface area (Å²) in [6.45, 7) is 1.48. The van der Waals surface area contributed by atoms with E-state index in [4.69, 9.17) is 4.74 Å². The van der Waals surface area contributed by atoms with Gasteiger partial charge in [-0.1, -0.05) is 12.1 Å². The second-order valence-corrected chi connectivity index (χ2v) is 6.31. The number of aromatic nitrogens is 1. The van der Waals surface area contributed by atoms with Crippen LogP contribution in [0.25, 0.3) is 0 Å². The highest BCUT2D eigenvalue weighted by Crippen LogP contribution is 2.40. The average molecular weight is 360 g/mol. The number of carbonyl (C=O) groups excluding carboxylic acids is 2. The quantitative estimate of drug-likeness (QED) is 0.629. The topological polar surface area (TPSA) is 97.6 Å². The number of halogens is 1. The summed E-state index contributed by atoms with van der Waals surface area (Å²) in [5, 5.41) is 13.2. The van der Waals surface area contributed by atoms with Gasteiger partial charge in [-0.3, -0.25) is 4.79 Å². The number of esters is 1. The number of rotatable bonds is 4. The van der Waals surface area contributed by atoms with Crippen molar-refractivity contribution in [1.29, 1.82) is 0 Å². The molecule has 0 saturated heterocycles. The van der Waals surface area contributed by atoms with E-state index in [1.807, 2.05) is 0 Å². The van der Waals surface area contributed by atoms with Crippen LogP contribution in [0.4, 0.5) is 10.1 Å². The van der Waals surface area contributed by atoms with E-state index < -0.39 is 29.0 Å². The van der Waals surface area contributed by atoms with E-state index in [2.05, 4.69) is 5.32 Å². The van der Waals surface area contributed by atoms with Gasteiger partial charge in [-0.2, -0.15) is 0 Å². The van der Waals surface area contributed by atoms with Crippen molar-refractivity contribution in [2.75, 3.05) is 12.4 Å². The SMILES string of the molecule is COC(=O)c1cn(Cc2ccc(F)cc2)c(=O)c2c1NC(C)(C=O)C2O. The van der Waals surface area contributed by atoms with Crippen molar-refractivity contribution in [3.63, 3.8) is 0 Å². The summed E-state index contributed by atoms with van der Waals surface area (Å²) in [6, 6.07) is 5.54. The van der Waals surface area contributed by atoms with Crippen molar-refractivity contribution in [2.24, 2.45) is 0 Å². The molecule has 2 heterocycles. The molecule has 0 radical (unpaired) electrons. The molecule has 2 atom stereocenters. The van der Waals surface area contributed by atoms with E-state index in [9.17, 15) is 23.9 Å². The second kappa shape index (κ2) is 6.38. The first-order chi connectivity index (χ1) is 12.3. The van der Waals surface area contributed by atoms with Crippen molar-refractivity contribution in [3.05, 3.63) is 63.3 Å². The summed E-state index contributed by atoms with van der Waals surface area (Å²) in [4.78, 5) is 36.4. The number of hydrogen-bond donors (Lipinski definition) is 2. The van der Waals surface area contributed by atoms with Gasteiger partial charge in [0.25, 0.3) is 5.56 Å². The number of benzene rings is 1. The van der Waals surface area contributed by atoms with Gasteiger partial charge in [-0.15, -0.1) is 0 Å². The Hall–Kier alpha value is -3.00. The lowest BCUT2D eigenvalue weighted by Gasteiger charge is -2.21. The highest BCUT2D eigenvalue weighted by Gasteiger charge is 2.45. The Morgan fingerprint density at radius 3 is 2.65 bits per heavy atom. The molecule has 2 aromatic rings. The smallest absolute Gasteiger partial charge is 0.341 e. The summed E-state index contributed by atoms with van der Waals surface area (Å²) < 4.78 is 19.0. The van der Waals surface area contributed by atoms with E-state index in [1.54, 1.807) is 0 Å². The molecule has 1 aliphatic heterocycles. The van der Waals surface area contributed by atoms with E-state index in [0.29, 0.717) is 11.8 Å². The molecule has 0 amide bonds. The fourth-order valence-electron chi connectivity index (χ4n) is 2.97. The molecule has 0 saturated carbocycles. The number of fused-ring (bicyclic) bond motifs is 1. The van der Waals surface area contributed by atoms with Gasteiger partial charge in [0.05, 0.1) is 30.5 Å². The lowest BCUT2D eigenvalue weighted by atomic mass is 9.96. The molecular weight excluding hydrogens is 343 g/mol. The second-order valence-electron chi connectivity index (χ2n) is 6.31. The van der Waals surface area contributed by atoms with Crippen LogP contribution in [0.1, 0.15) is 34.5 Å². The number of pyridine rings is 1. The minimum Gasteiger partial charge on any atom is -0.465 e. The van der Waals surface area contributed by atoms with Crippen molar-refractivity contribution >= 4 is 17.9 Å². The normalized spacial score (nSPS) is 21.0. The van der Waals surface area contributed by atoms with Gasteiger partial charge >= 0.3 is 5.97 Å². The first kappa shape index (κ1) is 17.8. The number of ether oxygens (including phenoxy) is 1. The standard InChI is InChI=1S/C18H17FN2O5/c1-18(9-22)15(23)13-14(20-18)12(17(25)26-2)8-21(16(13)24)7-10-3-5-11(19)6-4-10/h3-6,8-9,15,20,23H,7H2,1-2H3. The van der Waals surface area contributed by atoms with Crippen LogP contribution in [-0.4, -0.2) is 34.6 Å². The number of nitrogens with zero attached hydrogens (tertiary/aromatic N) is 1. The Morgan fingerprint density at radius 2 is 2.08 bits per heavy atom. The first-order valence-electron chi connectivity index (χ1n) is 7.83. The minimum absolute atomic E-state index is 0.0221. The molecule has 0 fully saturated rings. The largest absolute Gasteiger partial charge is 0.465 e. The maximum absolute atomic E-state index is 13.1. The van der Waals surface area contributed by atoms with Crippen LogP contribution in [0.2, 0.25) is 0 Å². The zero-order chi connectivity index (χ0) is 19.1. The number of aliphatic hydroxyl groups excluding tert-OH is 1. The zero-order valence-electron chi connectivity index (χ0n) is 14.2. The van der Waals surface area contributed by atoms with Crippen molar-refractivity contribution in [3.8, 4) is 0 Å². The first-order valence-corrected chi connectivity index (χ1v) is 7.83. The molecule has 26 heavy (non-hydrogen) atoms. The van der Waals surface area contributed by atoms with Gasteiger partial charge in [0, 0.05) is 6.20 Å². The minimum atomic E-state index is -1.43. The van der Waals surface area contributed by atoms with Crippen LogP contribution >= 0.6 is 0 Å². The Bertz CT molecular complexity index is 938. The molecule has 3 rings (SSSR count). The number of aldehydes is 1. The Labute approximate surface area is 148 Å². The Morgan fingerprint density at radius 1 is 1.42 bits per heavy atom. The van der Waals surface area contributed by atoms with Gasteiger partial charge < -0.3 is 24.5 Å². The van der Waals surface area contributed by atoms with Crippen molar-refractivity contribution < 1.29 is 23.8 Å². The Kier molecular flexibility index (Phi) is 4.37. The lowest BCUT2D eigenvalue weighted by Crippen LogP contribution is -2.38. The number of carbonyl (C=O) groups is 2. The van der Waals surface area contributed by atoms with Crippen LogP contribution in [-0.2, 0) is 16.1 Å². The molecule has 0 aliphatic carbocycles. The summed E-state index contributed by atoms with van der Waals surface area (Å²) >= 11 is 0. The molecular formula is C18H17FN2O5. The van der Waals surface area contributed by atoms with Crippen molar-refractivity contribution in [1.82, 2.24) is 4.57 Å². The van der Waals surface area contributed by atoms with Crippen LogP contribution in [0.5, 0.6) is 0 Å². The molecule has 0 spiro atoms. The predicted molar refractivity (Wildman–Crippen MR) is 90.6 cm³/mol. The zero-order valence-corrected chi connectivity index (χ0v) is 14.2.